The maximum Gasteiger partial charge on any atom is 0.344 e. The quantitative estimate of drug-likeness (QED) is 0.564. The van der Waals surface area contributed by atoms with Gasteiger partial charge < -0.3 is 9.47 Å². The number of aryl methyl sites for hydroxylation is 1. The van der Waals surface area contributed by atoms with Crippen molar-refractivity contribution in [2.24, 2.45) is 0 Å². The number of benzene rings is 2. The number of aromatic nitrogens is 1. The van der Waals surface area contributed by atoms with Gasteiger partial charge in [0.05, 0.1) is 11.1 Å². The predicted molar refractivity (Wildman–Crippen MR) is 105 cm³/mol. The molecule has 0 aliphatic carbocycles. The second-order valence-electron chi connectivity index (χ2n) is 6.25. The Morgan fingerprint density at radius 3 is 2.07 bits per heavy atom. The van der Waals surface area contributed by atoms with Gasteiger partial charge in [-0.1, -0.05) is 49.7 Å². The largest absolute Gasteiger partial charge is 0.457 e. The summed E-state index contributed by atoms with van der Waals surface area (Å²) in [6.45, 7) is 2.11. The summed E-state index contributed by atoms with van der Waals surface area (Å²) in [6.07, 6.45) is 1.63. The highest BCUT2D eigenvalue weighted by Gasteiger charge is 2.12. The summed E-state index contributed by atoms with van der Waals surface area (Å²) in [5.41, 5.74) is 2.44. The molecule has 0 spiro atoms. The van der Waals surface area contributed by atoms with E-state index in [9.17, 15) is 9.59 Å². The highest BCUT2D eigenvalue weighted by molar-refractivity contribution is 5.91. The summed E-state index contributed by atoms with van der Waals surface area (Å²) >= 11 is 0. The molecule has 0 radical (unpaired) electrons. The number of rotatable bonds is 7. The summed E-state index contributed by atoms with van der Waals surface area (Å²) in [5.74, 6) is -0.683. The van der Waals surface area contributed by atoms with Crippen LogP contribution in [0.3, 0.4) is 0 Å². The van der Waals surface area contributed by atoms with Crippen LogP contribution in [0, 0.1) is 0 Å². The molecule has 0 N–H and O–H groups in total. The van der Waals surface area contributed by atoms with Gasteiger partial charge in [-0.05, 0) is 42.3 Å². The molecule has 3 aromatic rings. The summed E-state index contributed by atoms with van der Waals surface area (Å²) < 4.78 is 10.8. The Morgan fingerprint density at radius 2 is 1.46 bits per heavy atom. The van der Waals surface area contributed by atoms with E-state index in [0.717, 1.165) is 24.1 Å². The van der Waals surface area contributed by atoms with E-state index < -0.39 is 11.9 Å². The molecule has 0 amide bonds. The Morgan fingerprint density at radius 1 is 0.857 bits per heavy atom. The van der Waals surface area contributed by atoms with Gasteiger partial charge in [-0.2, -0.15) is 0 Å². The van der Waals surface area contributed by atoms with Crippen LogP contribution >= 0.6 is 0 Å². The van der Waals surface area contributed by atoms with Crippen molar-refractivity contribution in [3.05, 3.63) is 95.2 Å². The van der Waals surface area contributed by atoms with E-state index in [1.54, 1.807) is 54.6 Å². The summed E-state index contributed by atoms with van der Waals surface area (Å²) in [6, 6.07) is 21.0. The van der Waals surface area contributed by atoms with Crippen molar-refractivity contribution in [3.63, 3.8) is 0 Å². The van der Waals surface area contributed by atoms with E-state index in [-0.39, 0.29) is 12.5 Å². The van der Waals surface area contributed by atoms with E-state index in [1.165, 1.54) is 0 Å². The Balaban J connectivity index is 1.73. The second kappa shape index (κ2) is 9.46. The topological polar surface area (TPSA) is 65.5 Å². The molecule has 0 saturated carbocycles. The first-order chi connectivity index (χ1) is 13.7. The maximum atomic E-state index is 12.3. The molecule has 0 saturated heterocycles. The van der Waals surface area contributed by atoms with Crippen molar-refractivity contribution in [1.82, 2.24) is 4.98 Å². The van der Waals surface area contributed by atoms with Crippen LogP contribution in [0.1, 0.15) is 45.3 Å². The fourth-order valence-corrected chi connectivity index (χ4v) is 2.67. The molecule has 0 fully saturated rings. The Bertz CT molecular complexity index is 939. The first-order valence-electron chi connectivity index (χ1n) is 9.15. The van der Waals surface area contributed by atoms with E-state index in [1.807, 2.05) is 25.1 Å². The standard InChI is InChI=1S/C23H21NO4/c1-2-9-20-14-17(16-27-22(25)18-10-5-3-6-11-18)15-21(24-20)28-23(26)19-12-7-4-8-13-19/h3-8,10-15H,2,9,16H2,1H3. The molecule has 0 atom stereocenters. The molecule has 5 heteroatoms. The van der Waals surface area contributed by atoms with Crippen LogP contribution < -0.4 is 4.74 Å². The van der Waals surface area contributed by atoms with E-state index >= 15 is 0 Å². The molecular weight excluding hydrogens is 354 g/mol. The lowest BCUT2D eigenvalue weighted by Gasteiger charge is -2.10. The van der Waals surface area contributed by atoms with E-state index in [4.69, 9.17) is 9.47 Å². The van der Waals surface area contributed by atoms with Crippen LogP contribution in [0.4, 0.5) is 0 Å². The third kappa shape index (κ3) is 5.27. The van der Waals surface area contributed by atoms with E-state index in [2.05, 4.69) is 4.98 Å². The molecule has 0 bridgehead atoms. The van der Waals surface area contributed by atoms with Crippen molar-refractivity contribution in [3.8, 4) is 5.88 Å². The average molecular weight is 375 g/mol. The lowest BCUT2D eigenvalue weighted by atomic mass is 10.1. The van der Waals surface area contributed by atoms with Gasteiger partial charge in [0.15, 0.2) is 0 Å². The van der Waals surface area contributed by atoms with Crippen LogP contribution in [0.25, 0.3) is 0 Å². The third-order valence-corrected chi connectivity index (χ3v) is 4.01. The van der Waals surface area contributed by atoms with Crippen molar-refractivity contribution in [1.29, 1.82) is 0 Å². The molecule has 5 nitrogen and oxygen atoms in total. The van der Waals surface area contributed by atoms with Crippen LogP contribution in [0.5, 0.6) is 5.88 Å². The maximum absolute atomic E-state index is 12.3. The molecule has 0 aliphatic heterocycles. The van der Waals surface area contributed by atoms with Crippen LogP contribution in [0.2, 0.25) is 0 Å². The minimum Gasteiger partial charge on any atom is -0.457 e. The second-order valence-corrected chi connectivity index (χ2v) is 6.25. The lowest BCUT2D eigenvalue weighted by molar-refractivity contribution is 0.0471. The monoisotopic (exact) mass is 375 g/mol. The molecule has 1 aromatic heterocycles. The van der Waals surface area contributed by atoms with Crippen molar-refractivity contribution in [2.75, 3.05) is 0 Å². The number of nitrogens with zero attached hydrogens (tertiary/aromatic N) is 1. The van der Waals surface area contributed by atoms with Gasteiger partial charge in [0.25, 0.3) is 0 Å². The van der Waals surface area contributed by atoms with Crippen molar-refractivity contribution >= 4 is 11.9 Å². The molecule has 0 aliphatic rings. The van der Waals surface area contributed by atoms with Gasteiger partial charge in [0.1, 0.15) is 6.61 Å². The van der Waals surface area contributed by atoms with Gasteiger partial charge in [0.2, 0.25) is 5.88 Å². The molecule has 142 valence electrons. The van der Waals surface area contributed by atoms with Crippen molar-refractivity contribution < 1.29 is 19.1 Å². The average Bonchev–Trinajstić information content (AvgIpc) is 2.73. The lowest BCUT2D eigenvalue weighted by Crippen LogP contribution is -2.11. The number of carbonyl (C=O) groups is 2. The van der Waals surface area contributed by atoms with Crippen LogP contribution in [-0.4, -0.2) is 16.9 Å². The number of carbonyl (C=O) groups excluding carboxylic acids is 2. The third-order valence-electron chi connectivity index (χ3n) is 4.01. The number of pyridine rings is 1. The van der Waals surface area contributed by atoms with Gasteiger partial charge in [-0.3, -0.25) is 0 Å². The molecule has 0 unspecified atom stereocenters. The fourth-order valence-electron chi connectivity index (χ4n) is 2.67. The highest BCUT2D eigenvalue weighted by Crippen LogP contribution is 2.17. The SMILES string of the molecule is CCCc1cc(COC(=O)c2ccccc2)cc(OC(=O)c2ccccc2)n1. The van der Waals surface area contributed by atoms with Gasteiger partial charge in [-0.25, -0.2) is 14.6 Å². The number of hydrogen-bond donors (Lipinski definition) is 0. The normalized spacial score (nSPS) is 10.3. The summed E-state index contributed by atoms with van der Waals surface area (Å²) in [4.78, 5) is 28.8. The zero-order valence-electron chi connectivity index (χ0n) is 15.6. The molecule has 3 rings (SSSR count). The summed E-state index contributed by atoms with van der Waals surface area (Å²) in [7, 11) is 0. The van der Waals surface area contributed by atoms with Gasteiger partial charge in [0, 0.05) is 11.8 Å². The number of esters is 2. The number of ether oxygens (including phenoxy) is 2. The molecular formula is C23H21NO4. The molecule has 2 aromatic carbocycles. The van der Waals surface area contributed by atoms with Gasteiger partial charge >= 0.3 is 11.9 Å². The Labute approximate surface area is 164 Å². The highest BCUT2D eigenvalue weighted by atomic mass is 16.5. The predicted octanol–water partition coefficient (Wildman–Crippen LogP) is 4.61. The van der Waals surface area contributed by atoms with E-state index in [0.29, 0.717) is 11.1 Å². The zero-order valence-corrected chi connectivity index (χ0v) is 15.6. The smallest absolute Gasteiger partial charge is 0.344 e. The molecule has 1 heterocycles. The first kappa shape index (κ1) is 19.3. The molecule has 28 heavy (non-hydrogen) atoms. The Kier molecular flexibility index (Phi) is 6.52. The van der Waals surface area contributed by atoms with Crippen LogP contribution in [0.15, 0.2) is 72.8 Å². The minimum absolute atomic E-state index is 0.0723. The van der Waals surface area contributed by atoms with Gasteiger partial charge in [-0.15, -0.1) is 0 Å². The van der Waals surface area contributed by atoms with Crippen molar-refractivity contribution in [2.45, 2.75) is 26.4 Å². The fraction of sp³-hybridized carbons (Fsp3) is 0.174. The van der Waals surface area contributed by atoms with Crippen LogP contribution in [-0.2, 0) is 17.8 Å². The first-order valence-corrected chi connectivity index (χ1v) is 9.15. The zero-order chi connectivity index (χ0) is 19.8. The summed E-state index contributed by atoms with van der Waals surface area (Å²) in [5, 5.41) is 0. The minimum atomic E-state index is -0.478. The Hall–Kier alpha value is -3.47. The number of hydrogen-bond acceptors (Lipinski definition) is 5.